The van der Waals surface area contributed by atoms with Gasteiger partial charge >= 0.3 is 0 Å². The number of hydrogen-bond donors (Lipinski definition) is 0. The summed E-state index contributed by atoms with van der Waals surface area (Å²) in [7, 11) is 2.00. The van der Waals surface area contributed by atoms with Gasteiger partial charge in [-0.2, -0.15) is 0 Å². The zero-order valence-electron chi connectivity index (χ0n) is 11.4. The Kier molecular flexibility index (Phi) is 3.85. The third-order valence-electron chi connectivity index (χ3n) is 3.97. The smallest absolute Gasteiger partial charge is 0.163 e. The van der Waals surface area contributed by atoms with Crippen LogP contribution in [0, 0.1) is 11.8 Å². The largest absolute Gasteiger partial charge is 0.351 e. The number of ketones is 1. The third kappa shape index (κ3) is 2.63. The van der Waals surface area contributed by atoms with E-state index >= 15 is 0 Å². The second-order valence-corrected chi connectivity index (χ2v) is 5.27. The predicted molar refractivity (Wildman–Crippen MR) is 75.5 cm³/mol. The minimum absolute atomic E-state index is 0.161. The lowest BCUT2D eigenvalue weighted by atomic mass is 9.78. The molecule has 1 aromatic carbocycles. The highest BCUT2D eigenvalue weighted by Gasteiger charge is 2.28. The molecule has 0 amide bonds. The Bertz CT molecular complexity index is 449. The molecule has 1 fully saturated rings. The molecule has 0 radical (unpaired) electrons. The van der Waals surface area contributed by atoms with E-state index in [1.165, 1.54) is 0 Å². The van der Waals surface area contributed by atoms with Crippen LogP contribution >= 0.6 is 0 Å². The predicted octanol–water partition coefficient (Wildman–Crippen LogP) is 3.64. The van der Waals surface area contributed by atoms with Gasteiger partial charge in [-0.15, -0.1) is 0 Å². The first-order chi connectivity index (χ1) is 8.59. The van der Waals surface area contributed by atoms with E-state index in [0.717, 1.165) is 24.1 Å². The fourth-order valence-electron chi connectivity index (χ4n) is 2.41. The van der Waals surface area contributed by atoms with E-state index in [-0.39, 0.29) is 5.92 Å². The Morgan fingerprint density at radius 1 is 1.22 bits per heavy atom. The number of Topliss-reactive ketones (excluding diaryl/α,β-unsaturated/α-hetero) is 1. The van der Waals surface area contributed by atoms with Crippen LogP contribution in [0.1, 0.15) is 26.7 Å². The van der Waals surface area contributed by atoms with Crippen LogP contribution in [0.25, 0.3) is 0 Å². The molecule has 96 valence electrons. The van der Waals surface area contributed by atoms with Crippen molar-refractivity contribution in [2.45, 2.75) is 26.7 Å². The number of allylic oxidation sites excluding steroid dienone is 1. The van der Waals surface area contributed by atoms with Crippen LogP contribution in [0.3, 0.4) is 0 Å². The summed E-state index contributed by atoms with van der Waals surface area (Å²) in [5.41, 5.74) is 2.08. The number of carbonyl (C=O) groups is 1. The first-order valence-electron chi connectivity index (χ1n) is 6.62. The van der Waals surface area contributed by atoms with Crippen LogP contribution in [0.15, 0.2) is 42.1 Å². The van der Waals surface area contributed by atoms with Crippen molar-refractivity contribution in [2.75, 3.05) is 11.9 Å². The fraction of sp³-hybridized carbons (Fsp3) is 0.438. The summed E-state index contributed by atoms with van der Waals surface area (Å²) in [6, 6.07) is 10.1. The normalized spacial score (nSPS) is 26.4. The maximum atomic E-state index is 12.2. The van der Waals surface area contributed by atoms with Crippen LogP contribution in [0.2, 0.25) is 0 Å². The number of hydrogen-bond acceptors (Lipinski definition) is 2. The highest BCUT2D eigenvalue weighted by molar-refractivity contribution is 5.98. The molecule has 2 heteroatoms. The standard InChI is InChI=1S/C16H21NO/c1-12-9-10-14(16(18)13(12)2)11-17(3)15-7-5-4-6-8-15/h4-8,11-13H,9-10H2,1-3H3/b14-11-/t12-,13?/m1/s1. The number of rotatable bonds is 2. The maximum absolute atomic E-state index is 12.2. The third-order valence-corrected chi connectivity index (χ3v) is 3.97. The molecule has 18 heavy (non-hydrogen) atoms. The summed E-state index contributed by atoms with van der Waals surface area (Å²) < 4.78 is 0. The van der Waals surface area contributed by atoms with Gasteiger partial charge in [0.2, 0.25) is 0 Å². The molecule has 0 aliphatic heterocycles. The van der Waals surface area contributed by atoms with Crippen LogP contribution in [0.5, 0.6) is 0 Å². The van der Waals surface area contributed by atoms with Crippen molar-refractivity contribution in [1.82, 2.24) is 0 Å². The van der Waals surface area contributed by atoms with Crippen molar-refractivity contribution in [1.29, 1.82) is 0 Å². The molecule has 1 saturated carbocycles. The summed E-state index contributed by atoms with van der Waals surface area (Å²) in [5.74, 6) is 0.988. The van der Waals surface area contributed by atoms with Gasteiger partial charge in [-0.3, -0.25) is 4.79 Å². The van der Waals surface area contributed by atoms with Crippen LogP contribution < -0.4 is 4.90 Å². The van der Waals surface area contributed by atoms with Gasteiger partial charge in [0.1, 0.15) is 0 Å². The van der Waals surface area contributed by atoms with Crippen molar-refractivity contribution in [3.8, 4) is 0 Å². The maximum Gasteiger partial charge on any atom is 0.163 e. The van der Waals surface area contributed by atoms with Crippen molar-refractivity contribution in [3.05, 3.63) is 42.1 Å². The lowest BCUT2D eigenvalue weighted by molar-refractivity contribution is -0.121. The number of benzene rings is 1. The van der Waals surface area contributed by atoms with Gasteiger partial charge < -0.3 is 4.90 Å². The second kappa shape index (κ2) is 5.38. The topological polar surface area (TPSA) is 20.3 Å². The van der Waals surface area contributed by atoms with Crippen molar-refractivity contribution >= 4 is 11.5 Å². The Balaban J connectivity index is 2.16. The molecule has 0 aromatic heterocycles. The molecule has 0 bridgehead atoms. The first-order valence-corrected chi connectivity index (χ1v) is 6.62. The summed E-state index contributed by atoms with van der Waals surface area (Å²) >= 11 is 0. The quantitative estimate of drug-likeness (QED) is 0.739. The lowest BCUT2D eigenvalue weighted by Crippen LogP contribution is -2.27. The molecule has 1 aliphatic rings. The number of anilines is 1. The van der Waals surface area contributed by atoms with Crippen molar-refractivity contribution in [3.63, 3.8) is 0 Å². The van der Waals surface area contributed by atoms with Gasteiger partial charge in [0, 0.05) is 30.4 Å². The number of nitrogens with zero attached hydrogens (tertiary/aromatic N) is 1. The number of carbonyl (C=O) groups excluding carboxylic acids is 1. The molecule has 2 atom stereocenters. The van der Waals surface area contributed by atoms with E-state index in [1.807, 2.05) is 43.3 Å². The average Bonchev–Trinajstić information content (AvgIpc) is 2.40. The zero-order valence-corrected chi connectivity index (χ0v) is 11.4. The van der Waals surface area contributed by atoms with E-state index in [0.29, 0.717) is 11.7 Å². The van der Waals surface area contributed by atoms with Gasteiger partial charge in [0.25, 0.3) is 0 Å². The molecule has 1 aromatic rings. The van der Waals surface area contributed by atoms with E-state index in [9.17, 15) is 4.79 Å². The summed E-state index contributed by atoms with van der Waals surface area (Å²) in [6.07, 6.45) is 4.02. The monoisotopic (exact) mass is 243 g/mol. The van der Waals surface area contributed by atoms with Gasteiger partial charge in [-0.25, -0.2) is 0 Å². The average molecular weight is 243 g/mol. The van der Waals surface area contributed by atoms with Crippen LogP contribution in [0.4, 0.5) is 5.69 Å². The molecule has 2 nitrogen and oxygen atoms in total. The van der Waals surface area contributed by atoms with E-state index in [2.05, 4.69) is 19.1 Å². The van der Waals surface area contributed by atoms with E-state index < -0.39 is 0 Å². The molecular formula is C16H21NO. The van der Waals surface area contributed by atoms with Crippen LogP contribution in [-0.2, 0) is 4.79 Å². The minimum Gasteiger partial charge on any atom is -0.351 e. The second-order valence-electron chi connectivity index (χ2n) is 5.27. The van der Waals surface area contributed by atoms with Gasteiger partial charge in [0.05, 0.1) is 0 Å². The van der Waals surface area contributed by atoms with Gasteiger partial charge in [0.15, 0.2) is 5.78 Å². The highest BCUT2D eigenvalue weighted by atomic mass is 16.1. The molecule has 0 spiro atoms. The molecular weight excluding hydrogens is 222 g/mol. The van der Waals surface area contributed by atoms with Crippen LogP contribution in [-0.4, -0.2) is 12.8 Å². The Labute approximate surface area is 109 Å². The lowest BCUT2D eigenvalue weighted by Gasteiger charge is -2.27. The first kappa shape index (κ1) is 12.9. The SMILES string of the molecule is CC1C(=O)/C(=C\N(C)c2ccccc2)CC[C@H]1C. The molecule has 2 rings (SSSR count). The molecule has 0 saturated heterocycles. The molecule has 0 heterocycles. The van der Waals surface area contributed by atoms with Gasteiger partial charge in [-0.05, 0) is 30.9 Å². The summed E-state index contributed by atoms with van der Waals surface area (Å²) in [6.45, 7) is 4.21. The number of para-hydroxylation sites is 1. The molecule has 1 aliphatic carbocycles. The fourth-order valence-corrected chi connectivity index (χ4v) is 2.41. The summed E-state index contributed by atoms with van der Waals surface area (Å²) in [5, 5.41) is 0. The van der Waals surface area contributed by atoms with Crippen molar-refractivity contribution in [2.24, 2.45) is 11.8 Å². The Hall–Kier alpha value is -1.57. The van der Waals surface area contributed by atoms with E-state index in [1.54, 1.807) is 0 Å². The van der Waals surface area contributed by atoms with Crippen molar-refractivity contribution < 1.29 is 4.79 Å². The zero-order chi connectivity index (χ0) is 13.1. The Morgan fingerprint density at radius 3 is 2.56 bits per heavy atom. The molecule has 0 N–H and O–H groups in total. The van der Waals surface area contributed by atoms with E-state index in [4.69, 9.17) is 0 Å². The minimum atomic E-state index is 0.161. The Morgan fingerprint density at radius 2 is 1.89 bits per heavy atom. The highest BCUT2D eigenvalue weighted by Crippen LogP contribution is 2.30. The summed E-state index contributed by atoms with van der Waals surface area (Å²) in [4.78, 5) is 14.2. The van der Waals surface area contributed by atoms with Gasteiger partial charge in [-0.1, -0.05) is 32.0 Å². The molecule has 1 unspecified atom stereocenters.